The fourth-order valence-electron chi connectivity index (χ4n) is 3.93. The van der Waals surface area contributed by atoms with E-state index >= 15 is 0 Å². The quantitative estimate of drug-likeness (QED) is 0.195. The van der Waals surface area contributed by atoms with E-state index in [1.165, 1.54) is 11.0 Å². The van der Waals surface area contributed by atoms with Crippen molar-refractivity contribution in [3.63, 3.8) is 0 Å². The van der Waals surface area contributed by atoms with Crippen molar-refractivity contribution in [1.82, 2.24) is 9.80 Å². The lowest BCUT2D eigenvalue weighted by Crippen LogP contribution is -2.35. The van der Waals surface area contributed by atoms with Crippen molar-refractivity contribution in [2.24, 2.45) is 5.92 Å². The smallest absolute Gasteiger partial charge is 0.330 e. The highest BCUT2D eigenvalue weighted by Gasteiger charge is 2.36. The number of ether oxygens (including phenoxy) is 2. The molecule has 1 aromatic rings. The number of urea groups is 1. The van der Waals surface area contributed by atoms with E-state index in [0.717, 1.165) is 23.3 Å². The molecule has 1 saturated heterocycles. The van der Waals surface area contributed by atoms with Crippen LogP contribution in [0.1, 0.15) is 63.9 Å². The number of hydrogen-bond donors (Lipinski definition) is 0. The van der Waals surface area contributed by atoms with Gasteiger partial charge in [-0.25, -0.2) is 22.5 Å². The van der Waals surface area contributed by atoms with E-state index in [1.54, 1.807) is 26.0 Å². The summed E-state index contributed by atoms with van der Waals surface area (Å²) in [5.74, 6) is -1.06. The summed E-state index contributed by atoms with van der Waals surface area (Å²) in [5.41, 5.74) is 0.720. The molecule has 0 unspecified atom stereocenters. The lowest BCUT2D eigenvalue weighted by atomic mass is 10.0. The predicted molar refractivity (Wildman–Crippen MR) is 131 cm³/mol. The Morgan fingerprint density at radius 1 is 1.19 bits per heavy atom. The van der Waals surface area contributed by atoms with Crippen LogP contribution in [-0.4, -0.2) is 74.1 Å². The lowest BCUT2D eigenvalue weighted by molar-refractivity contribution is -0.148. The number of benzene rings is 1. The third kappa shape index (κ3) is 8.18. The minimum Gasteiger partial charge on any atom is -0.490 e. The average Bonchev–Trinajstić information content (AvgIpc) is 3.62. The van der Waals surface area contributed by atoms with Crippen LogP contribution in [0.2, 0.25) is 0 Å². The van der Waals surface area contributed by atoms with Gasteiger partial charge in [-0.05, 0) is 55.2 Å². The van der Waals surface area contributed by atoms with Crippen molar-refractivity contribution in [3.8, 4) is 5.75 Å². The first-order chi connectivity index (χ1) is 17.1. The number of rotatable bonds is 15. The van der Waals surface area contributed by atoms with Gasteiger partial charge in [0.1, 0.15) is 6.54 Å². The summed E-state index contributed by atoms with van der Waals surface area (Å²) in [6, 6.07) is 4.00. The molecule has 2 fully saturated rings. The first-order valence-electron chi connectivity index (χ1n) is 12.5. The van der Waals surface area contributed by atoms with Crippen LogP contribution in [0, 0.1) is 11.7 Å². The van der Waals surface area contributed by atoms with Gasteiger partial charge in [0.25, 0.3) is 5.91 Å². The molecule has 0 bridgehead atoms. The summed E-state index contributed by atoms with van der Waals surface area (Å²) < 4.78 is 49.7. The highest BCUT2D eigenvalue weighted by molar-refractivity contribution is 7.91. The topological polar surface area (TPSA) is 110 Å². The molecule has 1 saturated carbocycles. The number of imide groups is 1. The van der Waals surface area contributed by atoms with Crippen LogP contribution in [-0.2, 0) is 24.2 Å². The molecule has 0 aromatic heterocycles. The van der Waals surface area contributed by atoms with Gasteiger partial charge in [-0.15, -0.1) is 0 Å². The molecule has 1 aliphatic carbocycles. The molecular formula is C25H35FN2O7S. The van der Waals surface area contributed by atoms with Gasteiger partial charge in [0.2, 0.25) is 0 Å². The first kappa shape index (κ1) is 27.9. The van der Waals surface area contributed by atoms with Crippen LogP contribution in [0.5, 0.6) is 5.75 Å². The minimum absolute atomic E-state index is 0.00947. The predicted octanol–water partition coefficient (Wildman–Crippen LogP) is 3.48. The number of nitrogens with zero attached hydrogens (tertiary/aromatic N) is 2. The lowest BCUT2D eigenvalue weighted by Gasteiger charge is -2.17. The van der Waals surface area contributed by atoms with Crippen molar-refractivity contribution in [2.75, 3.05) is 37.9 Å². The maximum atomic E-state index is 14.0. The van der Waals surface area contributed by atoms with E-state index in [9.17, 15) is 27.2 Å². The Balaban J connectivity index is 1.38. The molecule has 9 nitrogen and oxygen atoms in total. The summed E-state index contributed by atoms with van der Waals surface area (Å²) in [4.78, 5) is 37.9. The molecule has 1 aromatic carbocycles. The van der Waals surface area contributed by atoms with Crippen molar-refractivity contribution < 1.29 is 36.7 Å². The van der Waals surface area contributed by atoms with Gasteiger partial charge < -0.3 is 14.4 Å². The van der Waals surface area contributed by atoms with Crippen LogP contribution in [0.25, 0.3) is 0 Å². The zero-order valence-electron chi connectivity index (χ0n) is 20.9. The maximum Gasteiger partial charge on any atom is 0.330 e. The fraction of sp³-hybridized carbons (Fsp3) is 0.640. The number of esters is 1. The number of amides is 3. The first-order valence-corrected chi connectivity index (χ1v) is 14.3. The number of carbonyl (C=O) groups is 3. The Kier molecular flexibility index (Phi) is 9.69. The number of halogens is 1. The Labute approximate surface area is 211 Å². The van der Waals surface area contributed by atoms with Crippen LogP contribution >= 0.6 is 0 Å². The van der Waals surface area contributed by atoms with Crippen LogP contribution in [0.3, 0.4) is 0 Å². The zero-order chi connectivity index (χ0) is 26.3. The summed E-state index contributed by atoms with van der Waals surface area (Å²) in [7, 11) is -3.34. The Hall–Kier alpha value is -2.69. The summed E-state index contributed by atoms with van der Waals surface area (Å²) in [6.07, 6.45) is 3.90. The highest BCUT2D eigenvalue weighted by Crippen LogP contribution is 2.31. The van der Waals surface area contributed by atoms with E-state index in [-0.39, 0.29) is 42.9 Å². The molecule has 0 spiro atoms. The SMILES string of the molecule is CCC(=O)OCN1C(=O)CN(CCCCCS(=O)(=O)C[C@H](C)c2ccc(F)c(OCC3CC3)c2)C1=O. The molecule has 3 amide bonds. The average molecular weight is 527 g/mol. The molecule has 1 aliphatic heterocycles. The van der Waals surface area contributed by atoms with Crippen molar-refractivity contribution in [2.45, 2.75) is 58.3 Å². The van der Waals surface area contributed by atoms with E-state index in [2.05, 4.69) is 0 Å². The van der Waals surface area contributed by atoms with Gasteiger partial charge in [-0.2, -0.15) is 0 Å². The van der Waals surface area contributed by atoms with Gasteiger partial charge in [0.05, 0.1) is 18.1 Å². The van der Waals surface area contributed by atoms with E-state index in [0.29, 0.717) is 38.3 Å². The molecule has 0 radical (unpaired) electrons. The number of carbonyl (C=O) groups excluding carboxylic acids is 3. The molecule has 1 heterocycles. The number of sulfone groups is 1. The molecule has 1 atom stereocenters. The van der Waals surface area contributed by atoms with E-state index in [1.807, 2.05) is 0 Å². The molecule has 3 rings (SSSR count). The maximum absolute atomic E-state index is 14.0. The molecule has 2 aliphatic rings. The normalized spacial score (nSPS) is 17.0. The fourth-order valence-corrected chi connectivity index (χ4v) is 5.69. The van der Waals surface area contributed by atoms with Gasteiger partial charge >= 0.3 is 12.0 Å². The second-order valence-electron chi connectivity index (χ2n) is 9.55. The minimum atomic E-state index is -3.34. The van der Waals surface area contributed by atoms with E-state index in [4.69, 9.17) is 9.47 Å². The van der Waals surface area contributed by atoms with Crippen LogP contribution in [0.4, 0.5) is 9.18 Å². The third-order valence-corrected chi connectivity index (χ3v) is 8.27. The zero-order valence-corrected chi connectivity index (χ0v) is 21.7. The van der Waals surface area contributed by atoms with Gasteiger partial charge in [0.15, 0.2) is 28.1 Å². The summed E-state index contributed by atoms with van der Waals surface area (Å²) in [5, 5.41) is 0. The van der Waals surface area contributed by atoms with Gasteiger partial charge in [-0.1, -0.05) is 26.3 Å². The summed E-state index contributed by atoms with van der Waals surface area (Å²) in [6.45, 7) is 3.75. The van der Waals surface area contributed by atoms with Gasteiger partial charge in [-0.3, -0.25) is 9.59 Å². The highest BCUT2D eigenvalue weighted by atomic mass is 32.2. The molecule has 200 valence electrons. The van der Waals surface area contributed by atoms with Gasteiger partial charge in [0, 0.05) is 13.0 Å². The largest absolute Gasteiger partial charge is 0.490 e. The van der Waals surface area contributed by atoms with Crippen molar-refractivity contribution in [3.05, 3.63) is 29.6 Å². The molecule has 0 N–H and O–H groups in total. The van der Waals surface area contributed by atoms with E-state index < -0.39 is 33.6 Å². The van der Waals surface area contributed by atoms with Crippen molar-refractivity contribution in [1.29, 1.82) is 0 Å². The van der Waals surface area contributed by atoms with Crippen molar-refractivity contribution >= 4 is 27.7 Å². The molecular weight excluding hydrogens is 491 g/mol. The van der Waals surface area contributed by atoms with Crippen LogP contribution < -0.4 is 4.74 Å². The molecule has 36 heavy (non-hydrogen) atoms. The Morgan fingerprint density at radius 2 is 1.94 bits per heavy atom. The summed E-state index contributed by atoms with van der Waals surface area (Å²) >= 11 is 0. The van der Waals surface area contributed by atoms with Crippen LogP contribution in [0.15, 0.2) is 18.2 Å². The molecule has 11 heteroatoms. The second-order valence-corrected chi connectivity index (χ2v) is 11.8. The third-order valence-electron chi connectivity index (χ3n) is 6.35. The number of unbranched alkanes of at least 4 members (excludes halogenated alkanes) is 2. The Bertz CT molecular complexity index is 1060. The number of hydrogen-bond acceptors (Lipinski definition) is 7. The Morgan fingerprint density at radius 3 is 2.64 bits per heavy atom. The monoisotopic (exact) mass is 526 g/mol. The second kappa shape index (κ2) is 12.5. The standard InChI is InChI=1S/C25H35FN2O7S/c1-3-24(30)35-17-28-23(29)14-27(25(28)31)11-5-4-6-12-36(32,33)16-18(2)20-9-10-21(26)22(13-20)34-15-19-7-8-19/h9-10,13,18-19H,3-8,11-12,14-17H2,1-2H3/t18-/m0/s1.